The first-order chi connectivity index (χ1) is 13.5. The first-order valence-electron chi connectivity index (χ1n) is 9.35. The number of hydrogen-bond acceptors (Lipinski definition) is 5. The van der Waals surface area contributed by atoms with Crippen molar-refractivity contribution >= 4 is 23.0 Å². The molecule has 0 bridgehead atoms. The predicted octanol–water partition coefficient (Wildman–Crippen LogP) is 3.26. The van der Waals surface area contributed by atoms with Crippen LogP contribution in [0.5, 0.6) is 0 Å². The topological polar surface area (TPSA) is 104 Å². The Morgan fingerprint density at radius 2 is 2.04 bits per heavy atom. The number of nitrogens with zero attached hydrogens (tertiary/aromatic N) is 4. The normalized spacial score (nSPS) is 16.2. The number of anilines is 1. The molecule has 7 heteroatoms. The smallest absolute Gasteiger partial charge is 0.229 e. The highest BCUT2D eigenvalue weighted by Gasteiger charge is 2.29. The van der Waals surface area contributed by atoms with Gasteiger partial charge in [-0.3, -0.25) is 14.7 Å². The van der Waals surface area contributed by atoms with Crippen molar-refractivity contribution in [1.29, 1.82) is 5.26 Å². The molecular weight excluding hydrogens is 354 g/mol. The largest absolute Gasteiger partial charge is 0.385 e. The second-order valence-electron chi connectivity index (χ2n) is 7.41. The zero-order valence-electron chi connectivity index (χ0n) is 15.6. The summed E-state index contributed by atoms with van der Waals surface area (Å²) in [6, 6.07) is 14.7. The summed E-state index contributed by atoms with van der Waals surface area (Å²) in [6.45, 7) is 1.62. The fourth-order valence-corrected chi connectivity index (χ4v) is 3.50. The highest BCUT2D eigenvalue weighted by Crippen LogP contribution is 2.37. The van der Waals surface area contributed by atoms with E-state index >= 15 is 0 Å². The lowest BCUT2D eigenvalue weighted by molar-refractivity contribution is -0.120. The van der Waals surface area contributed by atoms with Gasteiger partial charge in [-0.1, -0.05) is 30.3 Å². The van der Waals surface area contributed by atoms with E-state index in [0.717, 1.165) is 19.3 Å². The van der Waals surface area contributed by atoms with E-state index in [0.29, 0.717) is 28.4 Å². The molecule has 1 saturated carbocycles. The maximum absolute atomic E-state index is 12.7. The Bertz CT molecular complexity index is 1060. The van der Waals surface area contributed by atoms with Crippen molar-refractivity contribution in [2.75, 3.05) is 5.32 Å². The molecule has 2 N–H and O–H groups in total. The molecule has 0 aliphatic heterocycles. The summed E-state index contributed by atoms with van der Waals surface area (Å²) in [5, 5.41) is 22.7. The van der Waals surface area contributed by atoms with E-state index in [-0.39, 0.29) is 18.4 Å². The molecule has 1 amide bonds. The summed E-state index contributed by atoms with van der Waals surface area (Å²) in [5.41, 5.74) is 0.950. The maximum Gasteiger partial charge on any atom is 0.229 e. The zero-order chi connectivity index (χ0) is 19.7. The summed E-state index contributed by atoms with van der Waals surface area (Å²) < 4.78 is 1.91. The molecule has 142 valence electrons. The van der Waals surface area contributed by atoms with Gasteiger partial charge in [-0.15, -0.1) is 0 Å². The summed E-state index contributed by atoms with van der Waals surface area (Å²) in [6.07, 6.45) is 2.98. The van der Waals surface area contributed by atoms with Gasteiger partial charge < -0.3 is 5.11 Å². The molecule has 2 aromatic heterocycles. The van der Waals surface area contributed by atoms with Crippen molar-refractivity contribution in [3.63, 3.8) is 0 Å². The molecule has 1 atom stereocenters. The van der Waals surface area contributed by atoms with Crippen LogP contribution >= 0.6 is 0 Å². The molecule has 28 heavy (non-hydrogen) atoms. The van der Waals surface area contributed by atoms with Crippen LogP contribution in [0.1, 0.15) is 49.9 Å². The quantitative estimate of drug-likeness (QED) is 0.712. The van der Waals surface area contributed by atoms with Crippen molar-refractivity contribution in [3.8, 4) is 6.07 Å². The summed E-state index contributed by atoms with van der Waals surface area (Å²) in [7, 11) is 0. The number of benzene rings is 1. The molecule has 0 radical (unpaired) electrons. The molecule has 1 aromatic carbocycles. The molecule has 3 aromatic rings. The van der Waals surface area contributed by atoms with E-state index in [2.05, 4.69) is 15.3 Å². The van der Waals surface area contributed by atoms with Gasteiger partial charge in [-0.25, -0.2) is 9.97 Å². The van der Waals surface area contributed by atoms with Crippen molar-refractivity contribution in [2.24, 2.45) is 0 Å². The summed E-state index contributed by atoms with van der Waals surface area (Å²) in [5.74, 6) is 0.0846. The average Bonchev–Trinajstić information content (AvgIpc) is 2.97. The van der Waals surface area contributed by atoms with E-state index in [1.807, 2.05) is 28.8 Å². The molecule has 1 aliphatic carbocycles. The Kier molecular flexibility index (Phi) is 4.57. The molecule has 4 rings (SSSR count). The third kappa shape index (κ3) is 3.35. The van der Waals surface area contributed by atoms with Gasteiger partial charge in [-0.05, 0) is 43.9 Å². The number of nitrogens with one attached hydrogen (secondary N) is 1. The van der Waals surface area contributed by atoms with Crippen LogP contribution in [-0.4, -0.2) is 25.5 Å². The first kappa shape index (κ1) is 18.1. The first-order valence-corrected chi connectivity index (χ1v) is 9.35. The fraction of sp³-hybridized carbons (Fsp3) is 0.333. The molecule has 1 aliphatic rings. The number of aliphatic hydroxyl groups is 1. The van der Waals surface area contributed by atoms with Crippen molar-refractivity contribution in [3.05, 3.63) is 53.7 Å². The van der Waals surface area contributed by atoms with Gasteiger partial charge in [0.15, 0.2) is 5.65 Å². The van der Waals surface area contributed by atoms with Crippen LogP contribution in [0.3, 0.4) is 0 Å². The lowest BCUT2D eigenvalue weighted by Gasteiger charge is -2.29. The van der Waals surface area contributed by atoms with E-state index < -0.39 is 5.60 Å². The molecule has 0 unspecified atom stereocenters. The van der Waals surface area contributed by atoms with E-state index in [1.165, 1.54) is 0 Å². The molecule has 0 saturated heterocycles. The maximum atomic E-state index is 12.7. The van der Waals surface area contributed by atoms with Gasteiger partial charge in [0.1, 0.15) is 17.3 Å². The van der Waals surface area contributed by atoms with Crippen LogP contribution < -0.4 is 5.32 Å². The Hall–Kier alpha value is -3.24. The molecular formula is C21H21N5O2. The van der Waals surface area contributed by atoms with Crippen LogP contribution in [0.4, 0.5) is 5.95 Å². The number of nitriles is 1. The number of imidazole rings is 1. The third-order valence-corrected chi connectivity index (χ3v) is 5.24. The number of pyridine rings is 1. The number of carbonyl (C=O) groups is 1. The van der Waals surface area contributed by atoms with Gasteiger partial charge in [0.2, 0.25) is 11.9 Å². The molecule has 7 nitrogen and oxygen atoms in total. The van der Waals surface area contributed by atoms with Crippen LogP contribution in [0.25, 0.3) is 11.2 Å². The van der Waals surface area contributed by atoms with Crippen LogP contribution in [0.2, 0.25) is 0 Å². The number of fused-ring (bicyclic) bond motifs is 1. The third-order valence-electron chi connectivity index (χ3n) is 5.24. The Balaban J connectivity index is 1.62. The van der Waals surface area contributed by atoms with Gasteiger partial charge in [0.05, 0.1) is 12.0 Å². The van der Waals surface area contributed by atoms with Crippen molar-refractivity contribution in [2.45, 2.75) is 44.2 Å². The lowest BCUT2D eigenvalue weighted by atomic mass is 9.92. The van der Waals surface area contributed by atoms with Crippen LogP contribution in [0.15, 0.2) is 42.5 Å². The minimum absolute atomic E-state index is 0.0955. The SMILES string of the molecule is C[C@@](O)(CC(=O)Nc1nc2ccc(C#N)nc2n1C1CCC1)c1ccccc1. The van der Waals surface area contributed by atoms with Crippen LogP contribution in [0, 0.1) is 11.3 Å². The lowest BCUT2D eigenvalue weighted by Crippen LogP contribution is -2.30. The number of hydrogen-bond donors (Lipinski definition) is 2. The van der Waals surface area contributed by atoms with Crippen LogP contribution in [-0.2, 0) is 10.4 Å². The number of carbonyl (C=O) groups excluding carboxylic acids is 1. The van der Waals surface area contributed by atoms with Gasteiger partial charge >= 0.3 is 0 Å². The van der Waals surface area contributed by atoms with Gasteiger partial charge in [-0.2, -0.15) is 5.26 Å². The van der Waals surface area contributed by atoms with E-state index in [1.54, 1.807) is 31.2 Å². The Morgan fingerprint density at radius 3 is 2.68 bits per heavy atom. The predicted molar refractivity (Wildman–Crippen MR) is 104 cm³/mol. The molecule has 0 spiro atoms. The summed E-state index contributed by atoms with van der Waals surface area (Å²) in [4.78, 5) is 21.6. The fourth-order valence-electron chi connectivity index (χ4n) is 3.50. The second-order valence-corrected chi connectivity index (χ2v) is 7.41. The van der Waals surface area contributed by atoms with E-state index in [9.17, 15) is 9.90 Å². The van der Waals surface area contributed by atoms with Crippen molar-refractivity contribution in [1.82, 2.24) is 14.5 Å². The Labute approximate surface area is 162 Å². The van der Waals surface area contributed by atoms with E-state index in [4.69, 9.17) is 5.26 Å². The molecule has 1 fully saturated rings. The number of rotatable bonds is 5. The Morgan fingerprint density at radius 1 is 1.29 bits per heavy atom. The highest BCUT2D eigenvalue weighted by atomic mass is 16.3. The van der Waals surface area contributed by atoms with Gasteiger partial charge in [0, 0.05) is 6.04 Å². The monoisotopic (exact) mass is 375 g/mol. The van der Waals surface area contributed by atoms with Gasteiger partial charge in [0.25, 0.3) is 0 Å². The zero-order valence-corrected chi connectivity index (χ0v) is 15.6. The second kappa shape index (κ2) is 7.06. The number of aromatic nitrogens is 3. The standard InChI is InChI=1S/C21H21N5O2/c1-21(28,14-6-3-2-4-7-14)12-18(27)25-20-24-17-11-10-15(13-22)23-19(17)26(20)16-8-5-9-16/h2-4,6-7,10-11,16,28H,5,8-9,12H2,1H3,(H,24,25,27)/t21-/m1/s1. The summed E-state index contributed by atoms with van der Waals surface area (Å²) >= 11 is 0. The average molecular weight is 375 g/mol. The molecule has 2 heterocycles. The highest BCUT2D eigenvalue weighted by molar-refractivity contribution is 5.91. The minimum atomic E-state index is -1.29. The minimum Gasteiger partial charge on any atom is -0.385 e. The number of amides is 1. The van der Waals surface area contributed by atoms with Crippen molar-refractivity contribution < 1.29 is 9.90 Å².